The first-order chi connectivity index (χ1) is 11.1. The van der Waals surface area contributed by atoms with E-state index in [1.165, 1.54) is 0 Å². The fourth-order valence-corrected chi connectivity index (χ4v) is 3.26. The molecule has 23 heavy (non-hydrogen) atoms. The number of anilines is 1. The second-order valence-corrected chi connectivity index (χ2v) is 7.02. The second-order valence-electron chi connectivity index (χ2n) is 5.65. The van der Waals surface area contributed by atoms with E-state index >= 15 is 0 Å². The van der Waals surface area contributed by atoms with Crippen LogP contribution in [0, 0.1) is 5.92 Å². The van der Waals surface area contributed by atoms with Crippen molar-refractivity contribution in [1.82, 2.24) is 15.5 Å². The number of halogens is 1. The number of carbonyl (C=O) groups excluding carboxylic acids is 1. The van der Waals surface area contributed by atoms with Crippen molar-refractivity contribution >= 4 is 35.1 Å². The number of hydrogen-bond donors (Lipinski definition) is 2. The maximum atomic E-state index is 12.3. The van der Waals surface area contributed by atoms with Gasteiger partial charge >= 0.3 is 0 Å². The van der Waals surface area contributed by atoms with Crippen molar-refractivity contribution in [3.05, 3.63) is 17.3 Å². The molecule has 8 heteroatoms. The van der Waals surface area contributed by atoms with E-state index in [1.54, 1.807) is 17.8 Å². The quantitative estimate of drug-likeness (QED) is 0.770. The fraction of sp³-hybridized carbons (Fsp3) is 0.667. The van der Waals surface area contributed by atoms with Crippen molar-refractivity contribution in [3.8, 4) is 0 Å². The van der Waals surface area contributed by atoms with Crippen LogP contribution >= 0.6 is 23.4 Å². The molecule has 1 fully saturated rings. The van der Waals surface area contributed by atoms with Gasteiger partial charge in [-0.05, 0) is 43.4 Å². The summed E-state index contributed by atoms with van der Waals surface area (Å²) in [6, 6.07) is 3.43. The Labute approximate surface area is 146 Å². The lowest BCUT2D eigenvalue weighted by Gasteiger charge is -2.32. The minimum atomic E-state index is -0.143. The van der Waals surface area contributed by atoms with Gasteiger partial charge in [0.15, 0.2) is 11.0 Å². The van der Waals surface area contributed by atoms with E-state index in [2.05, 4.69) is 20.4 Å². The number of rotatable bonds is 7. The molecule has 1 unspecified atom stereocenters. The Morgan fingerprint density at radius 3 is 2.78 bits per heavy atom. The van der Waals surface area contributed by atoms with Gasteiger partial charge in [-0.3, -0.25) is 4.79 Å². The molecule has 6 nitrogen and oxygen atoms in total. The zero-order chi connectivity index (χ0) is 16.7. The first-order valence-corrected chi connectivity index (χ1v) is 9.55. The van der Waals surface area contributed by atoms with Crippen LogP contribution in [-0.4, -0.2) is 59.0 Å². The van der Waals surface area contributed by atoms with E-state index in [0.717, 1.165) is 43.9 Å². The van der Waals surface area contributed by atoms with Gasteiger partial charge in [-0.2, -0.15) is 11.8 Å². The van der Waals surface area contributed by atoms with Crippen LogP contribution in [0.4, 0.5) is 5.82 Å². The Morgan fingerprint density at radius 1 is 1.48 bits per heavy atom. The SMILES string of the molecule is CSCCC(CO)NC(=O)C1CCN(c2ccc(Cl)nn2)CC1. The molecule has 1 atom stereocenters. The van der Waals surface area contributed by atoms with Crippen molar-refractivity contribution < 1.29 is 9.90 Å². The number of piperidine rings is 1. The van der Waals surface area contributed by atoms with Crippen molar-refractivity contribution in [1.29, 1.82) is 0 Å². The standard InChI is InChI=1S/C15H23ClN4O2S/c1-23-9-6-12(10-21)17-15(22)11-4-7-20(8-5-11)14-3-2-13(16)18-19-14/h2-3,11-12,21H,4-10H2,1H3,(H,17,22). The van der Waals surface area contributed by atoms with E-state index < -0.39 is 0 Å². The molecule has 128 valence electrons. The van der Waals surface area contributed by atoms with Crippen LogP contribution in [0.3, 0.4) is 0 Å². The van der Waals surface area contributed by atoms with E-state index in [4.69, 9.17) is 11.6 Å². The lowest BCUT2D eigenvalue weighted by Crippen LogP contribution is -2.45. The molecule has 0 saturated carbocycles. The van der Waals surface area contributed by atoms with Crippen LogP contribution in [0.15, 0.2) is 12.1 Å². The summed E-state index contributed by atoms with van der Waals surface area (Å²) in [5.41, 5.74) is 0. The summed E-state index contributed by atoms with van der Waals surface area (Å²) in [6.07, 6.45) is 4.36. The molecule has 1 saturated heterocycles. The lowest BCUT2D eigenvalue weighted by molar-refractivity contribution is -0.126. The minimum absolute atomic E-state index is 0.00478. The summed E-state index contributed by atoms with van der Waals surface area (Å²) in [4.78, 5) is 14.4. The van der Waals surface area contributed by atoms with Gasteiger partial charge in [-0.25, -0.2) is 0 Å². The Bertz CT molecular complexity index is 495. The third-order valence-electron chi connectivity index (χ3n) is 4.04. The highest BCUT2D eigenvalue weighted by molar-refractivity contribution is 7.98. The molecule has 0 radical (unpaired) electrons. The largest absolute Gasteiger partial charge is 0.394 e. The molecule has 0 bridgehead atoms. The van der Waals surface area contributed by atoms with Crippen LogP contribution < -0.4 is 10.2 Å². The van der Waals surface area contributed by atoms with Crippen LogP contribution in [-0.2, 0) is 4.79 Å². The van der Waals surface area contributed by atoms with Gasteiger partial charge in [-0.1, -0.05) is 11.6 Å². The summed E-state index contributed by atoms with van der Waals surface area (Å²) in [5.74, 6) is 1.77. The fourth-order valence-electron chi connectivity index (χ4n) is 2.64. The van der Waals surface area contributed by atoms with E-state index in [1.807, 2.05) is 12.3 Å². The number of nitrogens with zero attached hydrogens (tertiary/aromatic N) is 3. The smallest absolute Gasteiger partial charge is 0.223 e. The van der Waals surface area contributed by atoms with Crippen LogP contribution in [0.5, 0.6) is 0 Å². The summed E-state index contributed by atoms with van der Waals surface area (Å²) in [6.45, 7) is 1.53. The molecule has 1 aromatic rings. The Balaban J connectivity index is 1.81. The molecule has 2 rings (SSSR count). The molecule has 2 heterocycles. The van der Waals surface area contributed by atoms with Gasteiger partial charge in [0, 0.05) is 19.0 Å². The lowest BCUT2D eigenvalue weighted by atomic mass is 9.95. The summed E-state index contributed by atoms with van der Waals surface area (Å²) < 4.78 is 0. The molecule has 1 aromatic heterocycles. The van der Waals surface area contributed by atoms with E-state index in [9.17, 15) is 9.90 Å². The third-order valence-corrected chi connectivity index (χ3v) is 4.89. The number of amides is 1. The third kappa shape index (κ3) is 5.51. The first-order valence-electron chi connectivity index (χ1n) is 7.78. The molecule has 2 N–H and O–H groups in total. The second kappa shape index (κ2) is 9.30. The Kier molecular flexibility index (Phi) is 7.39. The van der Waals surface area contributed by atoms with Crippen molar-refractivity contribution in [3.63, 3.8) is 0 Å². The summed E-state index contributed by atoms with van der Waals surface area (Å²) in [7, 11) is 0. The zero-order valence-electron chi connectivity index (χ0n) is 13.2. The number of thioether (sulfide) groups is 1. The average molecular weight is 359 g/mol. The van der Waals surface area contributed by atoms with Crippen LogP contribution in [0.2, 0.25) is 5.15 Å². The average Bonchev–Trinajstić information content (AvgIpc) is 2.59. The molecule has 1 amide bonds. The number of carbonyl (C=O) groups is 1. The Morgan fingerprint density at radius 2 is 2.22 bits per heavy atom. The predicted molar refractivity (Wildman–Crippen MR) is 94.0 cm³/mol. The number of aromatic nitrogens is 2. The minimum Gasteiger partial charge on any atom is -0.394 e. The van der Waals surface area contributed by atoms with Gasteiger partial charge in [0.25, 0.3) is 0 Å². The van der Waals surface area contributed by atoms with Crippen molar-refractivity contribution in [2.75, 3.05) is 36.6 Å². The van der Waals surface area contributed by atoms with Gasteiger partial charge in [0.05, 0.1) is 12.6 Å². The van der Waals surface area contributed by atoms with Crippen molar-refractivity contribution in [2.45, 2.75) is 25.3 Å². The van der Waals surface area contributed by atoms with Gasteiger partial charge in [0.1, 0.15) is 0 Å². The van der Waals surface area contributed by atoms with Crippen LogP contribution in [0.25, 0.3) is 0 Å². The highest BCUT2D eigenvalue weighted by atomic mass is 35.5. The monoisotopic (exact) mass is 358 g/mol. The predicted octanol–water partition coefficient (Wildman–Crippen LogP) is 1.58. The van der Waals surface area contributed by atoms with Crippen LogP contribution in [0.1, 0.15) is 19.3 Å². The van der Waals surface area contributed by atoms with Gasteiger partial charge in [-0.15, -0.1) is 10.2 Å². The first kappa shape index (κ1) is 18.3. The summed E-state index contributed by atoms with van der Waals surface area (Å²) >= 11 is 7.46. The van der Waals surface area contributed by atoms with E-state index in [0.29, 0.717) is 5.15 Å². The maximum absolute atomic E-state index is 12.3. The molecular weight excluding hydrogens is 336 g/mol. The number of aliphatic hydroxyl groups excluding tert-OH is 1. The number of nitrogens with one attached hydrogen (secondary N) is 1. The van der Waals surface area contributed by atoms with Gasteiger partial charge in [0.2, 0.25) is 5.91 Å². The molecule has 0 aliphatic carbocycles. The van der Waals surface area contributed by atoms with Crippen molar-refractivity contribution in [2.24, 2.45) is 5.92 Å². The maximum Gasteiger partial charge on any atom is 0.223 e. The Hall–Kier alpha value is -1.05. The van der Waals surface area contributed by atoms with E-state index in [-0.39, 0.29) is 24.5 Å². The normalized spacial score (nSPS) is 17.1. The zero-order valence-corrected chi connectivity index (χ0v) is 14.8. The topological polar surface area (TPSA) is 78.4 Å². The highest BCUT2D eigenvalue weighted by Crippen LogP contribution is 2.22. The van der Waals surface area contributed by atoms with Gasteiger partial charge < -0.3 is 15.3 Å². The molecular formula is C15H23ClN4O2S. The number of aliphatic hydroxyl groups is 1. The summed E-state index contributed by atoms with van der Waals surface area (Å²) in [5, 5.41) is 20.6. The molecule has 0 spiro atoms. The molecule has 1 aliphatic rings. The molecule has 0 aromatic carbocycles. The highest BCUT2D eigenvalue weighted by Gasteiger charge is 2.27. The number of hydrogen-bond acceptors (Lipinski definition) is 6. The molecule has 1 aliphatic heterocycles.